The van der Waals surface area contributed by atoms with Gasteiger partial charge in [0.15, 0.2) is 0 Å². The van der Waals surface area contributed by atoms with E-state index in [0.29, 0.717) is 11.1 Å². The maximum Gasteiger partial charge on any atom is 0.240 e. The van der Waals surface area contributed by atoms with Crippen molar-refractivity contribution in [2.45, 2.75) is 49.5 Å². The predicted molar refractivity (Wildman–Crippen MR) is 88.3 cm³/mol. The zero-order valence-electron chi connectivity index (χ0n) is 12.6. The number of aryl methyl sites for hydroxylation is 1. The lowest BCUT2D eigenvalue weighted by Crippen LogP contribution is -2.51. The standard InChI is InChI=1S/C15H21N3O2S.ClH/c1-12-5-6-13(10-16)9-14(12)21(19,20)18-11-15(17)7-3-2-4-8-15;/h5-6,9,18H,2-4,7-8,11,17H2,1H3;1H. The SMILES string of the molecule is Cc1ccc(C#N)cc1S(=O)(=O)NCC1(N)CCCCC1.Cl. The minimum absolute atomic E-state index is 0. The van der Waals surface area contributed by atoms with Crippen molar-refractivity contribution in [3.63, 3.8) is 0 Å². The van der Waals surface area contributed by atoms with E-state index in [1.807, 2.05) is 6.07 Å². The third kappa shape index (κ3) is 4.43. The minimum atomic E-state index is -3.64. The molecule has 0 spiro atoms. The second kappa shape index (κ2) is 7.42. The van der Waals surface area contributed by atoms with Gasteiger partial charge >= 0.3 is 0 Å². The van der Waals surface area contributed by atoms with E-state index in [-0.39, 0.29) is 23.8 Å². The summed E-state index contributed by atoms with van der Waals surface area (Å²) in [6.07, 6.45) is 4.93. The molecule has 5 nitrogen and oxygen atoms in total. The fourth-order valence-electron chi connectivity index (χ4n) is 2.71. The van der Waals surface area contributed by atoms with Crippen molar-refractivity contribution >= 4 is 22.4 Å². The molecule has 0 saturated heterocycles. The molecule has 0 bridgehead atoms. The number of hydrogen-bond donors (Lipinski definition) is 2. The Morgan fingerprint density at radius 2 is 1.95 bits per heavy atom. The van der Waals surface area contributed by atoms with Crippen LogP contribution >= 0.6 is 12.4 Å². The highest BCUT2D eigenvalue weighted by Crippen LogP contribution is 2.26. The van der Waals surface area contributed by atoms with Crippen LogP contribution in [-0.2, 0) is 10.0 Å². The van der Waals surface area contributed by atoms with Crippen molar-refractivity contribution in [2.24, 2.45) is 5.73 Å². The molecule has 0 atom stereocenters. The van der Waals surface area contributed by atoms with Crippen LogP contribution in [0.3, 0.4) is 0 Å². The molecule has 1 aromatic carbocycles. The molecule has 0 unspecified atom stereocenters. The molecule has 0 aromatic heterocycles. The second-order valence-electron chi connectivity index (χ2n) is 5.84. The van der Waals surface area contributed by atoms with Gasteiger partial charge in [0.2, 0.25) is 10.0 Å². The van der Waals surface area contributed by atoms with Crippen molar-refractivity contribution < 1.29 is 8.42 Å². The summed E-state index contributed by atoms with van der Waals surface area (Å²) in [5, 5.41) is 8.91. The van der Waals surface area contributed by atoms with Gasteiger partial charge in [0.25, 0.3) is 0 Å². The molecule has 1 fully saturated rings. The molecule has 1 aliphatic rings. The van der Waals surface area contributed by atoms with Gasteiger partial charge in [-0.25, -0.2) is 13.1 Å². The summed E-state index contributed by atoms with van der Waals surface area (Å²) in [6, 6.07) is 6.62. The highest BCUT2D eigenvalue weighted by atomic mass is 35.5. The van der Waals surface area contributed by atoms with Crippen LogP contribution in [0.4, 0.5) is 0 Å². The lowest BCUT2D eigenvalue weighted by molar-refractivity contribution is 0.296. The number of nitrogens with zero attached hydrogens (tertiary/aromatic N) is 1. The molecule has 2 rings (SSSR count). The normalized spacial score (nSPS) is 17.3. The maximum atomic E-state index is 12.4. The highest BCUT2D eigenvalue weighted by Gasteiger charge is 2.29. The number of rotatable bonds is 4. The molecule has 0 amide bonds. The molecular weight excluding hydrogens is 322 g/mol. The lowest BCUT2D eigenvalue weighted by atomic mass is 9.83. The van der Waals surface area contributed by atoms with E-state index in [4.69, 9.17) is 11.0 Å². The van der Waals surface area contributed by atoms with E-state index in [0.717, 1.165) is 32.1 Å². The Morgan fingerprint density at radius 3 is 2.55 bits per heavy atom. The van der Waals surface area contributed by atoms with E-state index in [9.17, 15) is 8.42 Å². The Morgan fingerprint density at radius 1 is 1.32 bits per heavy atom. The molecule has 122 valence electrons. The smallest absolute Gasteiger partial charge is 0.240 e. The Hall–Kier alpha value is -1.13. The zero-order valence-corrected chi connectivity index (χ0v) is 14.3. The van der Waals surface area contributed by atoms with Crippen LogP contribution in [0.1, 0.15) is 43.2 Å². The van der Waals surface area contributed by atoms with Crippen LogP contribution in [0, 0.1) is 18.3 Å². The first kappa shape index (κ1) is 18.9. The second-order valence-corrected chi connectivity index (χ2v) is 7.58. The molecule has 1 saturated carbocycles. The summed E-state index contributed by atoms with van der Waals surface area (Å²) in [5.74, 6) is 0. The fraction of sp³-hybridized carbons (Fsp3) is 0.533. The highest BCUT2D eigenvalue weighted by molar-refractivity contribution is 7.89. The van der Waals surface area contributed by atoms with Crippen molar-refractivity contribution in [1.82, 2.24) is 4.72 Å². The summed E-state index contributed by atoms with van der Waals surface area (Å²) in [4.78, 5) is 0.154. The van der Waals surface area contributed by atoms with E-state index in [1.54, 1.807) is 19.1 Å². The largest absolute Gasteiger partial charge is 0.324 e. The number of benzene rings is 1. The van der Waals surface area contributed by atoms with E-state index in [2.05, 4.69) is 4.72 Å². The number of nitrogens with one attached hydrogen (secondary N) is 1. The lowest BCUT2D eigenvalue weighted by Gasteiger charge is -2.33. The average Bonchev–Trinajstić information content (AvgIpc) is 2.47. The van der Waals surface area contributed by atoms with Crippen LogP contribution in [0.5, 0.6) is 0 Å². The van der Waals surface area contributed by atoms with E-state index < -0.39 is 15.6 Å². The molecule has 0 radical (unpaired) electrons. The monoisotopic (exact) mass is 343 g/mol. The van der Waals surface area contributed by atoms with Crippen molar-refractivity contribution in [3.05, 3.63) is 29.3 Å². The van der Waals surface area contributed by atoms with Crippen molar-refractivity contribution in [3.8, 4) is 6.07 Å². The van der Waals surface area contributed by atoms with Gasteiger partial charge < -0.3 is 5.73 Å². The van der Waals surface area contributed by atoms with Crippen LogP contribution < -0.4 is 10.5 Å². The van der Waals surface area contributed by atoms with Gasteiger partial charge in [0, 0.05) is 12.1 Å². The number of nitrogens with two attached hydrogens (primary N) is 1. The predicted octanol–water partition coefficient (Wildman–Crippen LogP) is 2.23. The van der Waals surface area contributed by atoms with Gasteiger partial charge in [-0.1, -0.05) is 25.3 Å². The molecule has 1 aromatic rings. The number of sulfonamides is 1. The van der Waals surface area contributed by atoms with E-state index >= 15 is 0 Å². The van der Waals surface area contributed by atoms with Gasteiger partial charge in [-0.05, 0) is 37.5 Å². The van der Waals surface area contributed by atoms with Crippen molar-refractivity contribution in [2.75, 3.05) is 6.54 Å². The van der Waals surface area contributed by atoms with Gasteiger partial charge in [-0.15, -0.1) is 12.4 Å². The van der Waals surface area contributed by atoms with Gasteiger partial charge in [0.05, 0.1) is 16.5 Å². The number of hydrogen-bond acceptors (Lipinski definition) is 4. The Kier molecular flexibility index (Phi) is 6.38. The molecule has 3 N–H and O–H groups in total. The summed E-state index contributed by atoms with van der Waals surface area (Å²) in [7, 11) is -3.64. The zero-order chi connectivity index (χ0) is 15.5. The van der Waals surface area contributed by atoms with Crippen LogP contribution in [0.15, 0.2) is 23.1 Å². The first-order chi connectivity index (χ1) is 9.86. The summed E-state index contributed by atoms with van der Waals surface area (Å²) >= 11 is 0. The average molecular weight is 344 g/mol. The first-order valence-corrected chi connectivity index (χ1v) is 8.64. The molecule has 0 aliphatic heterocycles. The molecule has 1 aliphatic carbocycles. The summed E-state index contributed by atoms with van der Waals surface area (Å²) < 4.78 is 27.5. The van der Waals surface area contributed by atoms with Crippen molar-refractivity contribution in [1.29, 1.82) is 5.26 Å². The quantitative estimate of drug-likeness (QED) is 0.876. The van der Waals surface area contributed by atoms with Crippen LogP contribution in [0.25, 0.3) is 0 Å². The van der Waals surface area contributed by atoms with Gasteiger partial charge in [-0.3, -0.25) is 0 Å². The minimum Gasteiger partial charge on any atom is -0.324 e. The first-order valence-electron chi connectivity index (χ1n) is 7.16. The topological polar surface area (TPSA) is 96.0 Å². The summed E-state index contributed by atoms with van der Waals surface area (Å²) in [5.41, 5.74) is 6.76. The number of halogens is 1. The summed E-state index contributed by atoms with van der Waals surface area (Å²) in [6.45, 7) is 1.96. The Balaban J connectivity index is 0.00000242. The Labute approximate surface area is 138 Å². The maximum absolute atomic E-state index is 12.4. The fourth-order valence-corrected chi connectivity index (χ4v) is 4.12. The third-order valence-electron chi connectivity index (χ3n) is 4.07. The van der Waals surface area contributed by atoms with Crippen LogP contribution in [0.2, 0.25) is 0 Å². The van der Waals surface area contributed by atoms with Crippen LogP contribution in [-0.4, -0.2) is 20.5 Å². The third-order valence-corrected chi connectivity index (χ3v) is 5.61. The Bertz CT molecular complexity index is 662. The van der Waals surface area contributed by atoms with Gasteiger partial charge in [0.1, 0.15) is 0 Å². The molecule has 7 heteroatoms. The molecule has 22 heavy (non-hydrogen) atoms. The molecule has 0 heterocycles. The van der Waals surface area contributed by atoms with Gasteiger partial charge in [-0.2, -0.15) is 5.26 Å². The molecular formula is C15H22ClN3O2S. The van der Waals surface area contributed by atoms with E-state index in [1.165, 1.54) is 6.07 Å². The number of nitriles is 1.